The molecule has 2 saturated heterocycles. The minimum atomic E-state index is -0.0212. The molecule has 1 amide bonds. The van der Waals surface area contributed by atoms with Gasteiger partial charge in [-0.3, -0.25) is 4.79 Å². The number of likely N-dealkylation sites (N-methyl/N-ethyl adjacent to an activating group) is 1. The molecule has 2 fully saturated rings. The summed E-state index contributed by atoms with van der Waals surface area (Å²) in [5.41, 5.74) is 0. The third-order valence-electron chi connectivity index (χ3n) is 4.78. The lowest BCUT2D eigenvalue weighted by molar-refractivity contribution is -0.127. The lowest BCUT2D eigenvalue weighted by atomic mass is 10.1. The van der Waals surface area contributed by atoms with E-state index in [4.69, 9.17) is 14.2 Å². The Labute approximate surface area is 163 Å². The van der Waals surface area contributed by atoms with Crippen LogP contribution in [-0.2, 0) is 19.0 Å². The summed E-state index contributed by atoms with van der Waals surface area (Å²) in [7, 11) is 3.47. The minimum Gasteiger partial charge on any atom is -0.381 e. The van der Waals surface area contributed by atoms with Gasteiger partial charge in [0.25, 0.3) is 0 Å². The van der Waals surface area contributed by atoms with Crippen LogP contribution in [0.5, 0.6) is 0 Å². The van der Waals surface area contributed by atoms with Crippen LogP contribution in [0, 0.1) is 5.92 Å². The van der Waals surface area contributed by atoms with Crippen molar-refractivity contribution in [3.05, 3.63) is 0 Å². The fraction of sp³-hybridized carbons (Fsp3) is 0.895. The Morgan fingerprint density at radius 2 is 2.11 bits per heavy atom. The number of hydrogen-bond acceptors (Lipinski definition) is 5. The van der Waals surface area contributed by atoms with Crippen LogP contribution in [0.2, 0.25) is 0 Å². The van der Waals surface area contributed by atoms with Crippen LogP contribution in [0.1, 0.15) is 32.1 Å². The van der Waals surface area contributed by atoms with E-state index in [1.54, 1.807) is 19.0 Å². The van der Waals surface area contributed by atoms with Gasteiger partial charge >= 0.3 is 0 Å². The number of ether oxygens (including phenoxy) is 3. The van der Waals surface area contributed by atoms with Crippen LogP contribution < -0.4 is 10.6 Å². The zero-order valence-electron chi connectivity index (χ0n) is 16.9. The number of rotatable bonds is 10. The molecule has 156 valence electrons. The molecule has 0 radical (unpaired) electrons. The fourth-order valence-corrected chi connectivity index (χ4v) is 2.99. The number of carbonyl (C=O) groups is 1. The standard InChI is InChI=1S/C19H36N4O4/c1-23(2)18(24)13-22-19(21-12-17-6-3-4-10-27-17)20-8-5-9-25-14-16-7-11-26-15-16/h16-17H,3-15H2,1-2H3,(H2,20,21,22). The summed E-state index contributed by atoms with van der Waals surface area (Å²) in [6, 6.07) is 0. The summed E-state index contributed by atoms with van der Waals surface area (Å²) in [5.74, 6) is 1.18. The third kappa shape index (κ3) is 9.39. The van der Waals surface area contributed by atoms with Gasteiger partial charge in [0.15, 0.2) is 5.96 Å². The van der Waals surface area contributed by atoms with Crippen molar-refractivity contribution in [2.75, 3.05) is 66.8 Å². The highest BCUT2D eigenvalue weighted by Gasteiger charge is 2.16. The van der Waals surface area contributed by atoms with Crippen molar-refractivity contribution in [1.29, 1.82) is 0 Å². The Bertz CT molecular complexity index is 447. The Morgan fingerprint density at radius 1 is 1.22 bits per heavy atom. The molecule has 27 heavy (non-hydrogen) atoms. The molecule has 0 aromatic heterocycles. The Kier molecular flexibility index (Phi) is 10.5. The summed E-state index contributed by atoms with van der Waals surface area (Å²) >= 11 is 0. The van der Waals surface area contributed by atoms with E-state index in [0.29, 0.717) is 25.0 Å². The molecule has 0 bridgehead atoms. The summed E-state index contributed by atoms with van der Waals surface area (Å²) in [6.07, 6.45) is 5.61. The smallest absolute Gasteiger partial charge is 0.243 e. The van der Waals surface area contributed by atoms with Gasteiger partial charge in [-0.05, 0) is 32.1 Å². The SMILES string of the molecule is CN(C)C(=O)CN=C(NCCCOCC1CCOC1)NCC1CCCCO1. The molecule has 2 heterocycles. The number of carbonyl (C=O) groups excluding carboxylic acids is 1. The topological polar surface area (TPSA) is 84.4 Å². The maximum absolute atomic E-state index is 11.8. The Balaban J connectivity index is 1.65. The molecule has 8 heteroatoms. The molecular formula is C19H36N4O4. The van der Waals surface area contributed by atoms with Crippen molar-refractivity contribution in [3.8, 4) is 0 Å². The zero-order chi connectivity index (χ0) is 19.3. The van der Waals surface area contributed by atoms with Crippen LogP contribution in [0.3, 0.4) is 0 Å². The van der Waals surface area contributed by atoms with Gasteiger partial charge in [-0.25, -0.2) is 4.99 Å². The average molecular weight is 385 g/mol. The highest BCUT2D eigenvalue weighted by atomic mass is 16.5. The first-order chi connectivity index (χ1) is 13.1. The molecule has 2 aliphatic heterocycles. The number of nitrogens with one attached hydrogen (secondary N) is 2. The van der Waals surface area contributed by atoms with Gasteiger partial charge in [0.05, 0.1) is 19.3 Å². The van der Waals surface area contributed by atoms with Crippen LogP contribution in [0.15, 0.2) is 4.99 Å². The van der Waals surface area contributed by atoms with E-state index in [2.05, 4.69) is 15.6 Å². The van der Waals surface area contributed by atoms with Gasteiger partial charge in [-0.2, -0.15) is 0 Å². The van der Waals surface area contributed by atoms with E-state index in [9.17, 15) is 4.79 Å². The van der Waals surface area contributed by atoms with Crippen molar-refractivity contribution < 1.29 is 19.0 Å². The molecule has 0 spiro atoms. The van der Waals surface area contributed by atoms with E-state index >= 15 is 0 Å². The Morgan fingerprint density at radius 3 is 2.81 bits per heavy atom. The number of amides is 1. The fourth-order valence-electron chi connectivity index (χ4n) is 2.99. The summed E-state index contributed by atoms with van der Waals surface area (Å²) in [4.78, 5) is 17.8. The first-order valence-corrected chi connectivity index (χ1v) is 10.1. The summed E-state index contributed by atoms with van der Waals surface area (Å²) < 4.78 is 16.8. The monoisotopic (exact) mass is 384 g/mol. The first kappa shape index (κ1) is 21.9. The zero-order valence-corrected chi connectivity index (χ0v) is 16.9. The van der Waals surface area contributed by atoms with Crippen LogP contribution in [0.4, 0.5) is 0 Å². The lowest BCUT2D eigenvalue weighted by Gasteiger charge is -2.24. The van der Waals surface area contributed by atoms with Crippen molar-refractivity contribution in [2.45, 2.75) is 38.2 Å². The third-order valence-corrected chi connectivity index (χ3v) is 4.78. The molecule has 0 aliphatic carbocycles. The second-order valence-corrected chi connectivity index (χ2v) is 7.41. The molecule has 0 aromatic carbocycles. The molecule has 0 aromatic rings. The maximum atomic E-state index is 11.8. The maximum Gasteiger partial charge on any atom is 0.243 e. The van der Waals surface area contributed by atoms with Gasteiger partial charge in [0.2, 0.25) is 5.91 Å². The van der Waals surface area contributed by atoms with E-state index in [0.717, 1.165) is 58.7 Å². The van der Waals surface area contributed by atoms with Crippen LogP contribution in [0.25, 0.3) is 0 Å². The van der Waals surface area contributed by atoms with E-state index < -0.39 is 0 Å². The lowest BCUT2D eigenvalue weighted by Crippen LogP contribution is -2.43. The van der Waals surface area contributed by atoms with E-state index in [1.807, 2.05) is 0 Å². The number of aliphatic imine (C=N–C) groups is 1. The second kappa shape index (κ2) is 12.9. The molecule has 2 aliphatic rings. The average Bonchev–Trinajstić information content (AvgIpc) is 3.20. The van der Waals surface area contributed by atoms with Gasteiger partial charge in [0, 0.05) is 52.9 Å². The summed E-state index contributed by atoms with van der Waals surface area (Å²) in [5, 5.41) is 6.60. The molecule has 2 N–H and O–H groups in total. The van der Waals surface area contributed by atoms with Gasteiger partial charge < -0.3 is 29.7 Å². The first-order valence-electron chi connectivity index (χ1n) is 10.1. The molecule has 0 saturated carbocycles. The van der Waals surface area contributed by atoms with Crippen molar-refractivity contribution in [3.63, 3.8) is 0 Å². The quantitative estimate of drug-likeness (QED) is 0.326. The van der Waals surface area contributed by atoms with Gasteiger partial charge in [0.1, 0.15) is 6.54 Å². The van der Waals surface area contributed by atoms with E-state index in [-0.39, 0.29) is 18.6 Å². The normalized spacial score (nSPS) is 23.3. The van der Waals surface area contributed by atoms with E-state index in [1.165, 1.54) is 6.42 Å². The molecule has 2 unspecified atom stereocenters. The number of hydrogen-bond donors (Lipinski definition) is 2. The second-order valence-electron chi connectivity index (χ2n) is 7.41. The summed E-state index contributed by atoms with van der Waals surface area (Å²) in [6.45, 7) is 5.57. The number of guanidine groups is 1. The van der Waals surface area contributed by atoms with Crippen molar-refractivity contribution in [1.82, 2.24) is 15.5 Å². The van der Waals surface area contributed by atoms with Crippen molar-refractivity contribution >= 4 is 11.9 Å². The molecular weight excluding hydrogens is 348 g/mol. The van der Waals surface area contributed by atoms with Crippen LogP contribution in [-0.4, -0.2) is 89.6 Å². The highest BCUT2D eigenvalue weighted by Crippen LogP contribution is 2.12. The highest BCUT2D eigenvalue weighted by molar-refractivity contribution is 5.84. The van der Waals surface area contributed by atoms with Crippen molar-refractivity contribution in [2.24, 2.45) is 10.9 Å². The Hall–Kier alpha value is -1.38. The predicted molar refractivity (Wildman–Crippen MR) is 105 cm³/mol. The van der Waals surface area contributed by atoms with Gasteiger partial charge in [-0.1, -0.05) is 0 Å². The molecule has 2 rings (SSSR count). The predicted octanol–water partition coefficient (Wildman–Crippen LogP) is 0.622. The van der Waals surface area contributed by atoms with Crippen LogP contribution >= 0.6 is 0 Å². The molecule has 8 nitrogen and oxygen atoms in total. The molecule has 2 atom stereocenters. The number of nitrogens with zero attached hydrogens (tertiary/aromatic N) is 2. The largest absolute Gasteiger partial charge is 0.381 e. The van der Waals surface area contributed by atoms with Gasteiger partial charge in [-0.15, -0.1) is 0 Å². The minimum absolute atomic E-state index is 0.0212.